The minimum Gasteiger partial charge on any atom is -0.508 e. The molecule has 0 unspecified atom stereocenters. The molecule has 2 rings (SSSR count). The van der Waals surface area contributed by atoms with Crippen LogP contribution in [0, 0.1) is 6.92 Å². The lowest BCUT2D eigenvalue weighted by molar-refractivity contribution is 0.109. The monoisotopic (exact) mass is 253 g/mol. The van der Waals surface area contributed by atoms with Crippen LogP contribution >= 0.6 is 0 Å². The van der Waals surface area contributed by atoms with Gasteiger partial charge in [-0.3, -0.25) is 4.79 Å². The number of aromatic hydroxyl groups is 1. The number of benzene rings is 1. The van der Waals surface area contributed by atoms with E-state index in [0.29, 0.717) is 11.8 Å². The van der Waals surface area contributed by atoms with E-state index in [4.69, 9.17) is 9.84 Å². The largest absolute Gasteiger partial charge is 0.508 e. The number of hydrogen-bond acceptors (Lipinski definition) is 4. The van der Waals surface area contributed by atoms with Crippen LogP contribution in [0.25, 0.3) is 0 Å². The van der Waals surface area contributed by atoms with E-state index in [-0.39, 0.29) is 5.75 Å². The van der Waals surface area contributed by atoms with Crippen molar-refractivity contribution in [3.63, 3.8) is 0 Å². The number of phenolic OH excluding ortho intramolecular Hbond substituents is 1. The van der Waals surface area contributed by atoms with Crippen molar-refractivity contribution < 1.29 is 14.6 Å². The Hall–Kier alpha value is -1.39. The number of aldehydes is 1. The molecular weight excluding hydrogens is 230 g/mol. The van der Waals surface area contributed by atoms with E-state index in [9.17, 15) is 4.79 Å². The zero-order chi connectivity index (χ0) is 13.8. The summed E-state index contributed by atoms with van der Waals surface area (Å²) in [6.07, 6.45) is 0.708. The molecular formula is C14H23NO3. The van der Waals surface area contributed by atoms with E-state index in [1.807, 2.05) is 13.8 Å². The maximum Gasteiger partial charge on any atom is 0.150 e. The minimum atomic E-state index is 0.171. The van der Waals surface area contributed by atoms with Gasteiger partial charge in [-0.25, -0.2) is 0 Å². The van der Waals surface area contributed by atoms with Gasteiger partial charge in [0.15, 0.2) is 0 Å². The molecule has 0 radical (unpaired) electrons. The third-order valence-electron chi connectivity index (χ3n) is 2.22. The predicted molar refractivity (Wildman–Crippen MR) is 73.3 cm³/mol. The molecule has 102 valence electrons. The van der Waals surface area contributed by atoms with E-state index < -0.39 is 0 Å². The maximum atomic E-state index is 10.2. The highest BCUT2D eigenvalue weighted by molar-refractivity contribution is 5.75. The van der Waals surface area contributed by atoms with Crippen LogP contribution in [0.3, 0.4) is 0 Å². The predicted octanol–water partition coefficient (Wildman–Crippen LogP) is 2.15. The molecule has 0 spiro atoms. The highest BCUT2D eigenvalue weighted by atomic mass is 16.5. The fourth-order valence-corrected chi connectivity index (χ4v) is 1.22. The van der Waals surface area contributed by atoms with Crippen LogP contribution in [-0.2, 0) is 4.74 Å². The molecule has 0 bridgehead atoms. The standard InChI is InChI=1S/C8H8O2.C4H9NO.C2H6/c1-6-2-3-7(5-9)4-8(6)10;1-3-6-4-2-5-1;1-2/h2-5,10H,1H3;5H,1-4H2;1-2H3. The normalized spacial score (nSPS) is 13.5. The summed E-state index contributed by atoms with van der Waals surface area (Å²) in [5, 5.41) is 12.2. The lowest BCUT2D eigenvalue weighted by atomic mass is 10.1. The minimum absolute atomic E-state index is 0.171. The zero-order valence-electron chi connectivity index (χ0n) is 11.4. The van der Waals surface area contributed by atoms with Crippen LogP contribution in [0.5, 0.6) is 5.75 Å². The number of ether oxygens (including phenoxy) is 1. The third-order valence-corrected chi connectivity index (χ3v) is 2.22. The molecule has 2 N–H and O–H groups in total. The van der Waals surface area contributed by atoms with Crippen molar-refractivity contribution in [1.82, 2.24) is 5.32 Å². The van der Waals surface area contributed by atoms with Crippen molar-refractivity contribution in [1.29, 1.82) is 0 Å². The molecule has 1 aliphatic heterocycles. The molecule has 1 aromatic carbocycles. The molecule has 1 aromatic rings. The van der Waals surface area contributed by atoms with Gasteiger partial charge in [-0.05, 0) is 18.6 Å². The first-order chi connectivity index (χ1) is 8.74. The van der Waals surface area contributed by atoms with Gasteiger partial charge in [-0.1, -0.05) is 26.0 Å². The molecule has 1 aliphatic rings. The Kier molecular flexibility index (Phi) is 9.91. The number of rotatable bonds is 1. The topological polar surface area (TPSA) is 58.6 Å². The lowest BCUT2D eigenvalue weighted by Crippen LogP contribution is -2.30. The van der Waals surface area contributed by atoms with E-state index in [2.05, 4.69) is 5.32 Å². The molecule has 0 atom stereocenters. The summed E-state index contributed by atoms with van der Waals surface area (Å²) >= 11 is 0. The number of aryl methyl sites for hydroxylation is 1. The van der Waals surface area contributed by atoms with Crippen molar-refractivity contribution in [3.05, 3.63) is 29.3 Å². The van der Waals surface area contributed by atoms with Crippen LogP contribution in [-0.4, -0.2) is 37.7 Å². The lowest BCUT2D eigenvalue weighted by Gasteiger charge is -2.10. The van der Waals surface area contributed by atoms with Gasteiger partial charge in [0, 0.05) is 18.7 Å². The van der Waals surface area contributed by atoms with Crippen LogP contribution < -0.4 is 5.32 Å². The number of phenols is 1. The van der Waals surface area contributed by atoms with Crippen LogP contribution in [0.1, 0.15) is 29.8 Å². The summed E-state index contributed by atoms with van der Waals surface area (Å²) in [5.41, 5.74) is 1.29. The van der Waals surface area contributed by atoms with Crippen LogP contribution in [0.2, 0.25) is 0 Å². The van der Waals surface area contributed by atoms with Gasteiger partial charge in [0.1, 0.15) is 12.0 Å². The summed E-state index contributed by atoms with van der Waals surface area (Å²) in [4.78, 5) is 10.2. The molecule has 4 nitrogen and oxygen atoms in total. The van der Waals surface area contributed by atoms with Gasteiger partial charge in [0.25, 0.3) is 0 Å². The van der Waals surface area contributed by atoms with Crippen molar-refractivity contribution in [2.45, 2.75) is 20.8 Å². The molecule has 1 fully saturated rings. The number of morpholine rings is 1. The second kappa shape index (κ2) is 10.7. The Balaban J connectivity index is 0.000000308. The van der Waals surface area contributed by atoms with Gasteiger partial charge in [0.05, 0.1) is 13.2 Å². The summed E-state index contributed by atoms with van der Waals surface area (Å²) in [7, 11) is 0. The Morgan fingerprint density at radius 2 is 1.89 bits per heavy atom. The van der Waals surface area contributed by atoms with Crippen molar-refractivity contribution >= 4 is 6.29 Å². The van der Waals surface area contributed by atoms with Gasteiger partial charge >= 0.3 is 0 Å². The van der Waals surface area contributed by atoms with Crippen molar-refractivity contribution in [2.24, 2.45) is 0 Å². The molecule has 0 aliphatic carbocycles. The number of hydrogen-bond donors (Lipinski definition) is 2. The number of carbonyl (C=O) groups excluding carboxylic acids is 1. The van der Waals surface area contributed by atoms with Gasteiger partial charge in [-0.2, -0.15) is 0 Å². The first kappa shape index (κ1) is 16.6. The van der Waals surface area contributed by atoms with E-state index >= 15 is 0 Å². The Labute approximate surface area is 109 Å². The Bertz CT molecular complexity index is 324. The number of carbonyl (C=O) groups is 1. The molecule has 1 saturated heterocycles. The Morgan fingerprint density at radius 1 is 1.28 bits per heavy atom. The van der Waals surface area contributed by atoms with Crippen molar-refractivity contribution in [3.8, 4) is 5.75 Å². The average Bonchev–Trinajstić information content (AvgIpc) is 2.46. The third kappa shape index (κ3) is 7.04. The SMILES string of the molecule is C1COCCN1.CC.Cc1ccc(C=O)cc1O. The zero-order valence-corrected chi connectivity index (χ0v) is 11.4. The molecule has 4 heteroatoms. The summed E-state index contributed by atoms with van der Waals surface area (Å²) in [5.74, 6) is 0.171. The quantitative estimate of drug-likeness (QED) is 0.753. The molecule has 0 saturated carbocycles. The Morgan fingerprint density at radius 3 is 2.22 bits per heavy atom. The number of nitrogens with one attached hydrogen (secondary N) is 1. The second-order valence-corrected chi connectivity index (χ2v) is 3.53. The fourth-order valence-electron chi connectivity index (χ4n) is 1.22. The summed E-state index contributed by atoms with van der Waals surface area (Å²) in [6.45, 7) is 9.61. The average molecular weight is 253 g/mol. The highest BCUT2D eigenvalue weighted by Gasteiger charge is 1.95. The maximum absolute atomic E-state index is 10.2. The summed E-state index contributed by atoms with van der Waals surface area (Å²) in [6, 6.07) is 4.82. The molecule has 1 heterocycles. The summed E-state index contributed by atoms with van der Waals surface area (Å²) < 4.78 is 5.01. The van der Waals surface area contributed by atoms with Crippen LogP contribution in [0.15, 0.2) is 18.2 Å². The molecule has 0 aromatic heterocycles. The highest BCUT2D eigenvalue weighted by Crippen LogP contribution is 2.15. The molecule has 0 amide bonds. The van der Waals surface area contributed by atoms with Gasteiger partial charge in [-0.15, -0.1) is 0 Å². The van der Waals surface area contributed by atoms with Gasteiger partial charge in [0.2, 0.25) is 0 Å². The van der Waals surface area contributed by atoms with Crippen molar-refractivity contribution in [2.75, 3.05) is 26.3 Å². The van der Waals surface area contributed by atoms with E-state index in [1.165, 1.54) is 6.07 Å². The smallest absolute Gasteiger partial charge is 0.150 e. The van der Waals surface area contributed by atoms with Gasteiger partial charge < -0.3 is 15.2 Å². The second-order valence-electron chi connectivity index (χ2n) is 3.53. The fraction of sp³-hybridized carbons (Fsp3) is 0.500. The first-order valence-corrected chi connectivity index (χ1v) is 6.27. The van der Waals surface area contributed by atoms with E-state index in [1.54, 1.807) is 19.1 Å². The van der Waals surface area contributed by atoms with E-state index in [0.717, 1.165) is 31.9 Å². The first-order valence-electron chi connectivity index (χ1n) is 6.27. The van der Waals surface area contributed by atoms with Crippen LogP contribution in [0.4, 0.5) is 0 Å². The molecule has 18 heavy (non-hydrogen) atoms.